The average Bonchev–Trinajstić information content (AvgIpc) is 1.85. The van der Waals surface area contributed by atoms with Gasteiger partial charge in [-0.05, 0) is 0 Å². The molecule has 1 N–H and O–H groups in total. The number of hydrogen-bond donors (Lipinski definition) is 1. The maximum absolute atomic E-state index is 10.6. The summed E-state index contributed by atoms with van der Waals surface area (Å²) < 4.78 is 5.25. The zero-order chi connectivity index (χ0) is 8.91. The molecular weight excluding hydrogens is 271 g/mol. The lowest BCUT2D eigenvalue weighted by Crippen LogP contribution is -3.00. The second-order valence-corrected chi connectivity index (χ2v) is 3.43. The molecule has 12 heavy (non-hydrogen) atoms. The van der Waals surface area contributed by atoms with Crippen LogP contribution < -0.4 is 29.3 Å². The van der Waals surface area contributed by atoms with E-state index in [1.54, 1.807) is 0 Å². The van der Waals surface area contributed by atoms with Gasteiger partial charge in [-0.15, -0.1) is 0 Å². The molecule has 5 heteroatoms. The molecule has 0 saturated carbocycles. The standard InChI is InChI=1S/C7H16N2O2.HI/c1-9(2,3)6-5-8-7(10)11-4;/h5-6H2,1-4H3;1H. The van der Waals surface area contributed by atoms with Crippen LogP contribution in [0.3, 0.4) is 0 Å². The fourth-order valence-corrected chi connectivity index (χ4v) is 0.566. The Morgan fingerprint density at radius 2 is 1.92 bits per heavy atom. The molecule has 0 fully saturated rings. The normalized spacial score (nSPS) is 10.0. The van der Waals surface area contributed by atoms with Crippen LogP contribution >= 0.6 is 0 Å². The van der Waals surface area contributed by atoms with Crippen LogP contribution in [0.15, 0.2) is 0 Å². The predicted molar refractivity (Wildman–Crippen MR) is 43.3 cm³/mol. The number of nitrogens with one attached hydrogen (secondary N) is 1. The molecule has 0 bridgehead atoms. The van der Waals surface area contributed by atoms with Crippen LogP contribution in [0.5, 0.6) is 0 Å². The summed E-state index contributed by atoms with van der Waals surface area (Å²) in [5, 5.41) is 2.61. The van der Waals surface area contributed by atoms with Gasteiger partial charge >= 0.3 is 6.09 Å². The van der Waals surface area contributed by atoms with Gasteiger partial charge in [0.2, 0.25) is 0 Å². The maximum Gasteiger partial charge on any atom is 0.407 e. The molecule has 0 unspecified atom stereocenters. The minimum atomic E-state index is -0.363. The molecule has 74 valence electrons. The molecule has 0 heterocycles. The molecule has 0 aliphatic rings. The molecular formula is C7H17IN2O2. The lowest BCUT2D eigenvalue weighted by Gasteiger charge is -2.23. The van der Waals surface area contributed by atoms with Crippen molar-refractivity contribution in [3.05, 3.63) is 0 Å². The van der Waals surface area contributed by atoms with Crippen molar-refractivity contribution >= 4 is 6.09 Å². The molecule has 0 saturated heterocycles. The highest BCUT2D eigenvalue weighted by molar-refractivity contribution is 5.66. The highest BCUT2D eigenvalue weighted by atomic mass is 127. The molecule has 4 nitrogen and oxygen atoms in total. The summed E-state index contributed by atoms with van der Waals surface area (Å²) in [4.78, 5) is 10.6. The van der Waals surface area contributed by atoms with Crippen molar-refractivity contribution in [2.24, 2.45) is 0 Å². The van der Waals surface area contributed by atoms with Crippen LogP contribution in [-0.2, 0) is 4.74 Å². The Bertz CT molecular complexity index is 134. The third-order valence-electron chi connectivity index (χ3n) is 1.24. The zero-order valence-electron chi connectivity index (χ0n) is 8.06. The topological polar surface area (TPSA) is 38.3 Å². The minimum Gasteiger partial charge on any atom is -1.00 e. The number of carbonyl (C=O) groups excluding carboxylic acids is 1. The fraction of sp³-hybridized carbons (Fsp3) is 0.857. The van der Waals surface area contributed by atoms with Crippen LogP contribution in [0.25, 0.3) is 0 Å². The molecule has 0 rings (SSSR count). The number of ether oxygens (including phenoxy) is 1. The van der Waals surface area contributed by atoms with Gasteiger partial charge in [0.1, 0.15) is 0 Å². The summed E-state index contributed by atoms with van der Waals surface area (Å²) in [6.07, 6.45) is -0.363. The minimum absolute atomic E-state index is 0. The lowest BCUT2D eigenvalue weighted by molar-refractivity contribution is -0.869. The van der Waals surface area contributed by atoms with Gasteiger partial charge in [-0.2, -0.15) is 0 Å². The summed E-state index contributed by atoms with van der Waals surface area (Å²) in [5.41, 5.74) is 0. The summed E-state index contributed by atoms with van der Waals surface area (Å²) >= 11 is 0. The first-order chi connectivity index (χ1) is 4.95. The number of rotatable bonds is 3. The fourth-order valence-electron chi connectivity index (χ4n) is 0.566. The Kier molecular flexibility index (Phi) is 7.81. The van der Waals surface area contributed by atoms with E-state index >= 15 is 0 Å². The van der Waals surface area contributed by atoms with Crippen LogP contribution in [0.2, 0.25) is 0 Å². The van der Waals surface area contributed by atoms with Crippen LogP contribution in [0.4, 0.5) is 4.79 Å². The molecule has 0 radical (unpaired) electrons. The first-order valence-corrected chi connectivity index (χ1v) is 3.58. The van der Waals surface area contributed by atoms with Gasteiger partial charge < -0.3 is 38.5 Å². The quantitative estimate of drug-likeness (QED) is 0.445. The van der Waals surface area contributed by atoms with Crippen molar-refractivity contribution < 1.29 is 38.0 Å². The van der Waals surface area contributed by atoms with Crippen molar-refractivity contribution in [1.82, 2.24) is 5.32 Å². The number of amides is 1. The van der Waals surface area contributed by atoms with Gasteiger partial charge in [-0.3, -0.25) is 0 Å². The van der Waals surface area contributed by atoms with E-state index in [1.807, 2.05) is 0 Å². The van der Waals surface area contributed by atoms with Gasteiger partial charge in [-0.25, -0.2) is 4.79 Å². The molecule has 0 atom stereocenters. The van der Waals surface area contributed by atoms with Gasteiger partial charge in [0.25, 0.3) is 0 Å². The highest BCUT2D eigenvalue weighted by Gasteiger charge is 2.06. The van der Waals surface area contributed by atoms with Crippen LogP contribution in [0.1, 0.15) is 0 Å². The van der Waals surface area contributed by atoms with Gasteiger partial charge in [0.05, 0.1) is 41.3 Å². The van der Waals surface area contributed by atoms with Crippen molar-refractivity contribution in [1.29, 1.82) is 0 Å². The van der Waals surface area contributed by atoms with E-state index in [0.717, 1.165) is 11.0 Å². The summed E-state index contributed by atoms with van der Waals surface area (Å²) in [6, 6.07) is 0. The third kappa shape index (κ3) is 9.96. The number of carbonyl (C=O) groups is 1. The molecule has 0 aromatic heterocycles. The van der Waals surface area contributed by atoms with E-state index in [-0.39, 0.29) is 30.1 Å². The van der Waals surface area contributed by atoms with E-state index in [0.29, 0.717) is 6.54 Å². The van der Waals surface area contributed by atoms with E-state index in [4.69, 9.17) is 0 Å². The monoisotopic (exact) mass is 288 g/mol. The number of alkyl carbamates (subject to hydrolysis) is 1. The molecule has 0 aromatic carbocycles. The maximum atomic E-state index is 10.6. The summed E-state index contributed by atoms with van der Waals surface area (Å²) in [7, 11) is 7.57. The number of quaternary nitrogens is 1. The Morgan fingerprint density at radius 3 is 2.25 bits per heavy atom. The first-order valence-electron chi connectivity index (χ1n) is 3.58. The summed E-state index contributed by atoms with van der Waals surface area (Å²) in [5.74, 6) is 0. The Morgan fingerprint density at radius 1 is 1.42 bits per heavy atom. The van der Waals surface area contributed by atoms with E-state index in [1.165, 1.54) is 7.11 Å². The second kappa shape index (κ2) is 6.47. The van der Waals surface area contributed by atoms with Crippen LogP contribution in [0, 0.1) is 0 Å². The molecule has 1 amide bonds. The Hall–Kier alpha value is -0.0400. The Labute approximate surface area is 90.9 Å². The van der Waals surface area contributed by atoms with E-state index in [2.05, 4.69) is 31.2 Å². The second-order valence-electron chi connectivity index (χ2n) is 3.43. The van der Waals surface area contributed by atoms with E-state index in [9.17, 15) is 4.79 Å². The number of nitrogens with zero attached hydrogens (tertiary/aromatic N) is 1. The zero-order valence-corrected chi connectivity index (χ0v) is 10.2. The van der Waals surface area contributed by atoms with E-state index < -0.39 is 0 Å². The number of methoxy groups -OCH3 is 1. The largest absolute Gasteiger partial charge is 1.00 e. The molecule has 0 aliphatic heterocycles. The first kappa shape index (κ1) is 14.5. The SMILES string of the molecule is COC(=O)NCC[N+](C)(C)C.[I-]. The molecule has 0 aliphatic carbocycles. The van der Waals surface area contributed by atoms with Crippen molar-refractivity contribution in [2.75, 3.05) is 41.3 Å². The number of likely N-dealkylation sites (N-methyl/N-ethyl adjacent to an activating group) is 1. The van der Waals surface area contributed by atoms with Crippen LogP contribution in [-0.4, -0.2) is 51.9 Å². The van der Waals surface area contributed by atoms with Gasteiger partial charge in [0.15, 0.2) is 0 Å². The van der Waals surface area contributed by atoms with Crippen molar-refractivity contribution in [2.45, 2.75) is 0 Å². The van der Waals surface area contributed by atoms with Crippen molar-refractivity contribution in [3.63, 3.8) is 0 Å². The van der Waals surface area contributed by atoms with Gasteiger partial charge in [-0.1, -0.05) is 0 Å². The average molecular weight is 288 g/mol. The molecule has 0 aromatic rings. The number of halogens is 1. The third-order valence-corrected chi connectivity index (χ3v) is 1.24. The number of hydrogen-bond acceptors (Lipinski definition) is 2. The smallest absolute Gasteiger partial charge is 0.407 e. The summed E-state index contributed by atoms with van der Waals surface area (Å²) in [6.45, 7) is 1.55. The van der Waals surface area contributed by atoms with Crippen molar-refractivity contribution in [3.8, 4) is 0 Å². The molecule has 0 spiro atoms. The predicted octanol–water partition coefficient (Wildman–Crippen LogP) is -2.95. The lowest BCUT2D eigenvalue weighted by atomic mass is 10.5. The highest BCUT2D eigenvalue weighted by Crippen LogP contribution is 1.86. The Balaban J connectivity index is 0. The van der Waals surface area contributed by atoms with Gasteiger partial charge in [0, 0.05) is 0 Å².